The Morgan fingerprint density at radius 1 is 1.18 bits per heavy atom. The van der Waals surface area contributed by atoms with Gasteiger partial charge in [-0.1, -0.05) is 34.5 Å². The molecule has 0 atom stereocenters. The number of hydrogen-bond donors (Lipinski definition) is 0. The first-order chi connectivity index (χ1) is 8.29. The number of rotatable bonds is 6. The maximum absolute atomic E-state index is 5.93. The summed E-state index contributed by atoms with van der Waals surface area (Å²) < 4.78 is 11.5. The van der Waals surface area contributed by atoms with Gasteiger partial charge in [-0.05, 0) is 31.9 Å². The van der Waals surface area contributed by atoms with Crippen molar-refractivity contribution in [3.05, 3.63) is 24.3 Å². The Kier molecular flexibility index (Phi) is 4.32. The molecule has 0 heterocycles. The maximum Gasteiger partial charge on any atom is 0.161 e. The van der Waals surface area contributed by atoms with Crippen LogP contribution in [-0.4, -0.2) is 18.5 Å². The van der Waals surface area contributed by atoms with Crippen molar-refractivity contribution in [3.63, 3.8) is 0 Å². The SMILES string of the molecule is CCOc1ccccc1OCC1(CBr)CCC1. The van der Waals surface area contributed by atoms with Crippen molar-refractivity contribution in [2.75, 3.05) is 18.5 Å². The van der Waals surface area contributed by atoms with Gasteiger partial charge in [0.25, 0.3) is 0 Å². The van der Waals surface area contributed by atoms with Gasteiger partial charge >= 0.3 is 0 Å². The zero-order valence-corrected chi connectivity index (χ0v) is 11.8. The number of para-hydroxylation sites is 2. The highest BCUT2D eigenvalue weighted by atomic mass is 79.9. The van der Waals surface area contributed by atoms with Gasteiger partial charge in [0.1, 0.15) is 0 Å². The lowest BCUT2D eigenvalue weighted by atomic mass is 9.71. The van der Waals surface area contributed by atoms with E-state index in [0.29, 0.717) is 12.0 Å². The molecule has 1 saturated carbocycles. The molecule has 0 aliphatic heterocycles. The normalized spacial score (nSPS) is 17.3. The van der Waals surface area contributed by atoms with Crippen LogP contribution in [0, 0.1) is 5.41 Å². The molecule has 1 aromatic carbocycles. The Labute approximate surface area is 111 Å². The Balaban J connectivity index is 1.98. The molecular formula is C14H19BrO2. The van der Waals surface area contributed by atoms with Crippen LogP contribution in [0.2, 0.25) is 0 Å². The molecule has 94 valence electrons. The number of alkyl halides is 1. The zero-order chi connectivity index (χ0) is 12.1. The van der Waals surface area contributed by atoms with Gasteiger partial charge in [-0.25, -0.2) is 0 Å². The average molecular weight is 299 g/mol. The van der Waals surface area contributed by atoms with Crippen molar-refractivity contribution >= 4 is 15.9 Å². The summed E-state index contributed by atoms with van der Waals surface area (Å²) in [5.41, 5.74) is 0.347. The second kappa shape index (κ2) is 5.76. The molecule has 0 aromatic heterocycles. The quantitative estimate of drug-likeness (QED) is 0.738. The van der Waals surface area contributed by atoms with Crippen LogP contribution in [0.1, 0.15) is 26.2 Å². The van der Waals surface area contributed by atoms with Gasteiger partial charge in [-0.15, -0.1) is 0 Å². The molecule has 1 aliphatic rings. The number of hydrogen-bond acceptors (Lipinski definition) is 2. The van der Waals surface area contributed by atoms with Gasteiger partial charge in [-0.3, -0.25) is 0 Å². The largest absolute Gasteiger partial charge is 0.490 e. The lowest BCUT2D eigenvalue weighted by Crippen LogP contribution is -2.37. The monoisotopic (exact) mass is 298 g/mol. The van der Waals surface area contributed by atoms with Crippen LogP contribution in [0.25, 0.3) is 0 Å². The molecule has 1 fully saturated rings. The Bertz CT molecular complexity index is 355. The highest BCUT2D eigenvalue weighted by molar-refractivity contribution is 9.09. The second-order valence-electron chi connectivity index (χ2n) is 4.66. The van der Waals surface area contributed by atoms with Gasteiger partial charge in [0.15, 0.2) is 11.5 Å². The summed E-state index contributed by atoms with van der Waals surface area (Å²) in [7, 11) is 0. The summed E-state index contributed by atoms with van der Waals surface area (Å²) in [4.78, 5) is 0. The third-order valence-corrected chi connectivity index (χ3v) is 4.57. The minimum Gasteiger partial charge on any atom is -0.490 e. The van der Waals surface area contributed by atoms with E-state index in [1.54, 1.807) is 0 Å². The van der Waals surface area contributed by atoms with E-state index in [1.807, 2.05) is 31.2 Å². The van der Waals surface area contributed by atoms with Crippen LogP contribution in [0.5, 0.6) is 11.5 Å². The molecule has 0 radical (unpaired) electrons. The lowest BCUT2D eigenvalue weighted by Gasteiger charge is -2.40. The van der Waals surface area contributed by atoms with E-state index >= 15 is 0 Å². The molecule has 1 aromatic rings. The van der Waals surface area contributed by atoms with E-state index in [0.717, 1.165) is 23.4 Å². The third kappa shape index (κ3) is 2.95. The van der Waals surface area contributed by atoms with Crippen molar-refractivity contribution in [3.8, 4) is 11.5 Å². The van der Waals surface area contributed by atoms with E-state index in [-0.39, 0.29) is 0 Å². The predicted octanol–water partition coefficient (Wildman–Crippen LogP) is 4.03. The molecule has 2 rings (SSSR count). The third-order valence-electron chi connectivity index (χ3n) is 3.38. The van der Waals surface area contributed by atoms with Gasteiger partial charge in [0, 0.05) is 10.7 Å². The van der Waals surface area contributed by atoms with Crippen molar-refractivity contribution < 1.29 is 9.47 Å². The Hall–Kier alpha value is -0.700. The second-order valence-corrected chi connectivity index (χ2v) is 5.22. The van der Waals surface area contributed by atoms with Gasteiger partial charge in [0.05, 0.1) is 13.2 Å². The van der Waals surface area contributed by atoms with Crippen molar-refractivity contribution in [1.29, 1.82) is 0 Å². The summed E-state index contributed by atoms with van der Waals surface area (Å²) >= 11 is 3.59. The molecule has 0 amide bonds. The van der Waals surface area contributed by atoms with Crippen LogP contribution in [0.4, 0.5) is 0 Å². The zero-order valence-electron chi connectivity index (χ0n) is 10.2. The van der Waals surface area contributed by atoms with E-state index in [2.05, 4.69) is 15.9 Å². The molecule has 0 N–H and O–H groups in total. The van der Waals surface area contributed by atoms with Crippen LogP contribution in [0.15, 0.2) is 24.3 Å². The topological polar surface area (TPSA) is 18.5 Å². The molecule has 0 saturated heterocycles. The average Bonchev–Trinajstić information content (AvgIpc) is 2.31. The van der Waals surface area contributed by atoms with Crippen molar-refractivity contribution in [2.24, 2.45) is 5.41 Å². The summed E-state index contributed by atoms with van der Waals surface area (Å²) in [6, 6.07) is 7.90. The summed E-state index contributed by atoms with van der Waals surface area (Å²) in [6.45, 7) is 3.44. The van der Waals surface area contributed by atoms with Crippen molar-refractivity contribution in [2.45, 2.75) is 26.2 Å². The van der Waals surface area contributed by atoms with E-state index < -0.39 is 0 Å². The first-order valence-corrected chi connectivity index (χ1v) is 7.32. The van der Waals surface area contributed by atoms with Crippen LogP contribution in [-0.2, 0) is 0 Å². The molecule has 0 bridgehead atoms. The first-order valence-electron chi connectivity index (χ1n) is 6.20. The van der Waals surface area contributed by atoms with Crippen LogP contribution >= 0.6 is 15.9 Å². The summed E-state index contributed by atoms with van der Waals surface area (Å²) in [6.07, 6.45) is 3.84. The minimum atomic E-state index is 0.347. The van der Waals surface area contributed by atoms with Crippen molar-refractivity contribution in [1.82, 2.24) is 0 Å². The molecule has 0 unspecified atom stereocenters. The Morgan fingerprint density at radius 2 is 1.82 bits per heavy atom. The molecule has 0 spiro atoms. The molecule has 3 heteroatoms. The van der Waals surface area contributed by atoms with Gasteiger partial charge in [0.2, 0.25) is 0 Å². The molecule has 17 heavy (non-hydrogen) atoms. The predicted molar refractivity (Wildman–Crippen MR) is 73.2 cm³/mol. The maximum atomic E-state index is 5.93. The Morgan fingerprint density at radius 3 is 2.29 bits per heavy atom. The van der Waals surface area contributed by atoms with Gasteiger partial charge < -0.3 is 9.47 Å². The molecular weight excluding hydrogens is 280 g/mol. The fourth-order valence-corrected chi connectivity index (χ4v) is 2.79. The lowest BCUT2D eigenvalue weighted by molar-refractivity contribution is 0.0816. The summed E-state index contributed by atoms with van der Waals surface area (Å²) in [5, 5.41) is 1.02. The minimum absolute atomic E-state index is 0.347. The molecule has 2 nitrogen and oxygen atoms in total. The van der Waals surface area contributed by atoms with E-state index in [9.17, 15) is 0 Å². The fraction of sp³-hybridized carbons (Fsp3) is 0.571. The number of benzene rings is 1. The first kappa shape index (κ1) is 12.7. The number of ether oxygens (including phenoxy) is 2. The highest BCUT2D eigenvalue weighted by Gasteiger charge is 2.36. The highest BCUT2D eigenvalue weighted by Crippen LogP contribution is 2.43. The van der Waals surface area contributed by atoms with E-state index in [4.69, 9.17) is 9.47 Å². The molecule has 1 aliphatic carbocycles. The standard InChI is InChI=1S/C14H19BrO2/c1-2-16-12-6-3-4-7-13(12)17-11-14(10-15)8-5-9-14/h3-4,6-7H,2,5,8-11H2,1H3. The smallest absolute Gasteiger partial charge is 0.161 e. The van der Waals surface area contributed by atoms with Crippen LogP contribution in [0.3, 0.4) is 0 Å². The number of halogens is 1. The van der Waals surface area contributed by atoms with Gasteiger partial charge in [-0.2, -0.15) is 0 Å². The van der Waals surface area contributed by atoms with Crippen LogP contribution < -0.4 is 9.47 Å². The summed E-state index contributed by atoms with van der Waals surface area (Å²) in [5.74, 6) is 1.71. The van der Waals surface area contributed by atoms with E-state index in [1.165, 1.54) is 19.3 Å². The fourth-order valence-electron chi connectivity index (χ4n) is 2.07.